The molecule has 1 aliphatic heterocycles. The summed E-state index contributed by atoms with van der Waals surface area (Å²) in [5, 5.41) is 8.32. The second-order valence-corrected chi connectivity index (χ2v) is 8.30. The second-order valence-electron chi connectivity index (χ2n) is 8.30. The highest BCUT2D eigenvalue weighted by Gasteiger charge is 2.29. The smallest absolute Gasteiger partial charge is 0.219 e. The third-order valence-corrected chi connectivity index (χ3v) is 6.01. The largest absolute Gasteiger partial charge is 0.338 e. The number of carbonyl (C=O) groups excluding carboxylic acids is 1. The van der Waals surface area contributed by atoms with Crippen LogP contribution in [0.5, 0.6) is 0 Å². The van der Waals surface area contributed by atoms with E-state index in [-0.39, 0.29) is 11.7 Å². The highest BCUT2D eigenvalue weighted by molar-refractivity contribution is 5.74. The Balaban J connectivity index is 1.41. The van der Waals surface area contributed by atoms with Crippen LogP contribution in [-0.2, 0) is 24.3 Å². The van der Waals surface area contributed by atoms with Gasteiger partial charge in [0.2, 0.25) is 5.91 Å². The van der Waals surface area contributed by atoms with E-state index >= 15 is 0 Å². The van der Waals surface area contributed by atoms with Crippen molar-refractivity contribution in [2.75, 3.05) is 11.9 Å². The van der Waals surface area contributed by atoms with Crippen molar-refractivity contribution in [1.29, 1.82) is 0 Å². The summed E-state index contributed by atoms with van der Waals surface area (Å²) in [5.74, 6) is 1.42. The average Bonchev–Trinajstić information content (AvgIpc) is 3.50. The van der Waals surface area contributed by atoms with Crippen molar-refractivity contribution in [2.45, 2.75) is 39.3 Å². The minimum Gasteiger partial charge on any atom is -0.338 e. The van der Waals surface area contributed by atoms with Gasteiger partial charge in [-0.3, -0.25) is 9.48 Å². The van der Waals surface area contributed by atoms with Gasteiger partial charge in [-0.15, -0.1) is 0 Å². The number of aromatic nitrogens is 2. The minimum atomic E-state index is -0.238. The normalized spacial score (nSPS) is 15.7. The predicted octanol–water partition coefficient (Wildman–Crippen LogP) is 4.75. The topological polar surface area (TPSA) is 50.2 Å². The molecule has 0 spiro atoms. The van der Waals surface area contributed by atoms with E-state index in [2.05, 4.69) is 10.00 Å². The van der Waals surface area contributed by atoms with Gasteiger partial charge in [-0.2, -0.15) is 5.10 Å². The molecule has 0 bridgehead atoms. The van der Waals surface area contributed by atoms with Gasteiger partial charge in [0, 0.05) is 43.4 Å². The number of carbonyl (C=O) groups is 1. The fourth-order valence-corrected chi connectivity index (χ4v) is 4.11. The Labute approximate surface area is 175 Å². The van der Waals surface area contributed by atoms with Crippen LogP contribution in [0.3, 0.4) is 0 Å². The molecule has 0 radical (unpaired) electrons. The maximum absolute atomic E-state index is 13.5. The zero-order chi connectivity index (χ0) is 20.7. The third kappa shape index (κ3) is 3.82. The van der Waals surface area contributed by atoms with Gasteiger partial charge >= 0.3 is 0 Å². The van der Waals surface area contributed by atoms with Crippen molar-refractivity contribution in [3.05, 3.63) is 65.6 Å². The molecule has 2 heterocycles. The number of hydrogen-bond acceptors (Lipinski definition) is 3. The number of halogens is 1. The summed E-state index contributed by atoms with van der Waals surface area (Å²) in [6.07, 6.45) is 3.39. The first kappa shape index (κ1) is 18.9. The van der Waals surface area contributed by atoms with E-state index in [1.54, 1.807) is 13.0 Å². The molecular formula is C24H25FN4O. The molecule has 154 valence electrons. The highest BCUT2D eigenvalue weighted by atomic mass is 19.1. The first-order chi connectivity index (χ1) is 14.6. The molecule has 1 aromatic heterocycles. The lowest BCUT2D eigenvalue weighted by atomic mass is 10.0. The van der Waals surface area contributed by atoms with E-state index in [9.17, 15) is 9.18 Å². The molecule has 6 heteroatoms. The lowest BCUT2D eigenvalue weighted by Crippen LogP contribution is -2.34. The van der Waals surface area contributed by atoms with E-state index < -0.39 is 0 Å². The SMILES string of the molecule is CC(=O)N1CCc2c(c(Nc3ccc(-c4cccc(F)c4)cc3)nn2CC2CC2)C1. The van der Waals surface area contributed by atoms with Gasteiger partial charge in [-0.05, 0) is 54.2 Å². The molecule has 5 nitrogen and oxygen atoms in total. The molecule has 0 saturated heterocycles. The first-order valence-corrected chi connectivity index (χ1v) is 10.5. The Kier molecular flexibility index (Phi) is 4.77. The van der Waals surface area contributed by atoms with Crippen LogP contribution in [0.15, 0.2) is 48.5 Å². The van der Waals surface area contributed by atoms with Gasteiger partial charge in [-0.1, -0.05) is 24.3 Å². The molecule has 1 saturated carbocycles. The van der Waals surface area contributed by atoms with Crippen molar-refractivity contribution in [1.82, 2.24) is 14.7 Å². The van der Waals surface area contributed by atoms with E-state index in [1.165, 1.54) is 30.7 Å². The predicted molar refractivity (Wildman–Crippen MR) is 115 cm³/mol. The lowest BCUT2D eigenvalue weighted by Gasteiger charge is -2.26. The van der Waals surface area contributed by atoms with Crippen molar-refractivity contribution >= 4 is 17.4 Å². The highest BCUT2D eigenvalue weighted by Crippen LogP contribution is 2.34. The minimum absolute atomic E-state index is 0.0981. The molecule has 3 aromatic rings. The van der Waals surface area contributed by atoms with E-state index in [4.69, 9.17) is 5.10 Å². The van der Waals surface area contributed by atoms with Crippen LogP contribution in [-0.4, -0.2) is 27.1 Å². The number of hydrogen-bond donors (Lipinski definition) is 1. The molecule has 0 unspecified atom stereocenters. The average molecular weight is 404 g/mol. The van der Waals surface area contributed by atoms with Crippen LogP contribution in [0.1, 0.15) is 31.0 Å². The molecular weight excluding hydrogens is 379 g/mol. The van der Waals surface area contributed by atoms with Crippen LogP contribution in [0.25, 0.3) is 11.1 Å². The Morgan fingerprint density at radius 2 is 1.97 bits per heavy atom. The van der Waals surface area contributed by atoms with Gasteiger partial charge in [0.05, 0.1) is 6.54 Å². The van der Waals surface area contributed by atoms with Gasteiger partial charge in [0.1, 0.15) is 5.82 Å². The number of fused-ring (bicyclic) bond motifs is 1. The second kappa shape index (κ2) is 7.59. The van der Waals surface area contributed by atoms with Gasteiger partial charge in [0.25, 0.3) is 0 Å². The maximum Gasteiger partial charge on any atom is 0.219 e. The first-order valence-electron chi connectivity index (χ1n) is 10.5. The van der Waals surface area contributed by atoms with Crippen LogP contribution in [0.2, 0.25) is 0 Å². The summed E-state index contributed by atoms with van der Waals surface area (Å²) < 4.78 is 15.7. The zero-order valence-electron chi connectivity index (χ0n) is 17.1. The van der Waals surface area contributed by atoms with Gasteiger partial charge in [0.15, 0.2) is 5.82 Å². The summed E-state index contributed by atoms with van der Waals surface area (Å²) in [6.45, 7) is 3.93. The molecule has 0 atom stereocenters. The fraction of sp³-hybridized carbons (Fsp3) is 0.333. The Morgan fingerprint density at radius 1 is 1.17 bits per heavy atom. The maximum atomic E-state index is 13.5. The quantitative estimate of drug-likeness (QED) is 0.668. The molecule has 1 aliphatic carbocycles. The van der Waals surface area contributed by atoms with Gasteiger partial charge < -0.3 is 10.2 Å². The molecule has 2 aromatic carbocycles. The standard InChI is InChI=1S/C24H25FN4O/c1-16(30)28-12-11-23-22(15-28)24(27-29(23)14-17-5-6-17)26-21-9-7-18(8-10-21)19-3-2-4-20(25)13-19/h2-4,7-10,13,17H,5-6,11-12,14-15H2,1H3,(H,26,27). The van der Waals surface area contributed by atoms with E-state index in [0.29, 0.717) is 6.54 Å². The summed E-state index contributed by atoms with van der Waals surface area (Å²) >= 11 is 0. The monoisotopic (exact) mass is 404 g/mol. The Hall–Kier alpha value is -3.15. The Bertz CT molecular complexity index is 1090. The summed E-state index contributed by atoms with van der Waals surface area (Å²) in [6, 6.07) is 14.5. The van der Waals surface area contributed by atoms with Crippen molar-refractivity contribution in [2.24, 2.45) is 5.92 Å². The third-order valence-electron chi connectivity index (χ3n) is 6.01. The summed E-state index contributed by atoms with van der Waals surface area (Å²) in [4.78, 5) is 13.8. The van der Waals surface area contributed by atoms with E-state index in [0.717, 1.165) is 53.6 Å². The van der Waals surface area contributed by atoms with Crippen LogP contribution < -0.4 is 5.32 Å². The number of nitrogens with one attached hydrogen (secondary N) is 1. The fourth-order valence-electron chi connectivity index (χ4n) is 4.11. The molecule has 1 fully saturated rings. The van der Waals surface area contributed by atoms with Crippen LogP contribution in [0.4, 0.5) is 15.9 Å². The number of amides is 1. The molecule has 5 rings (SSSR count). The van der Waals surface area contributed by atoms with Crippen LogP contribution >= 0.6 is 0 Å². The number of benzene rings is 2. The molecule has 2 aliphatic rings. The Morgan fingerprint density at radius 3 is 2.67 bits per heavy atom. The van der Waals surface area contributed by atoms with E-state index in [1.807, 2.05) is 35.2 Å². The molecule has 30 heavy (non-hydrogen) atoms. The number of anilines is 2. The van der Waals surface area contributed by atoms with Crippen molar-refractivity contribution < 1.29 is 9.18 Å². The lowest BCUT2D eigenvalue weighted by molar-refractivity contribution is -0.129. The molecule has 1 N–H and O–H groups in total. The van der Waals surface area contributed by atoms with Crippen LogP contribution in [0, 0.1) is 11.7 Å². The van der Waals surface area contributed by atoms with Gasteiger partial charge in [-0.25, -0.2) is 4.39 Å². The number of nitrogens with zero attached hydrogens (tertiary/aromatic N) is 3. The number of rotatable bonds is 5. The summed E-state index contributed by atoms with van der Waals surface area (Å²) in [5.41, 5.74) is 5.10. The van der Waals surface area contributed by atoms with Crippen molar-refractivity contribution in [3.8, 4) is 11.1 Å². The summed E-state index contributed by atoms with van der Waals surface area (Å²) in [7, 11) is 0. The van der Waals surface area contributed by atoms with Crippen molar-refractivity contribution in [3.63, 3.8) is 0 Å². The molecule has 1 amide bonds. The zero-order valence-corrected chi connectivity index (χ0v) is 17.1.